The first-order valence-electron chi connectivity index (χ1n) is 5.99. The van der Waals surface area contributed by atoms with Gasteiger partial charge < -0.3 is 10.2 Å². The number of ether oxygens (including phenoxy) is 1. The maximum absolute atomic E-state index is 12.4. The Hall–Kier alpha value is -1.22. The molecule has 1 aromatic rings. The maximum atomic E-state index is 12.4. The van der Waals surface area contributed by atoms with E-state index in [1.165, 1.54) is 22.6 Å². The van der Waals surface area contributed by atoms with E-state index in [0.29, 0.717) is 18.8 Å². The van der Waals surface area contributed by atoms with E-state index in [9.17, 15) is 8.42 Å². The monoisotopic (exact) mass is 286 g/mol. The highest BCUT2D eigenvalue weighted by Crippen LogP contribution is 2.24. The third-order valence-corrected chi connectivity index (χ3v) is 5.23. The van der Waals surface area contributed by atoms with Gasteiger partial charge in [0.1, 0.15) is 10.7 Å². The fourth-order valence-electron chi connectivity index (χ4n) is 2.16. The second-order valence-corrected chi connectivity index (χ2v) is 6.47. The summed E-state index contributed by atoms with van der Waals surface area (Å²) in [5.41, 5.74) is 2.36. The van der Waals surface area contributed by atoms with Gasteiger partial charge in [0.25, 0.3) is 0 Å². The second-order valence-electron chi connectivity index (χ2n) is 4.48. The van der Waals surface area contributed by atoms with Crippen LogP contribution in [0.1, 0.15) is 13.3 Å². The minimum atomic E-state index is -3.56. The lowest BCUT2D eigenvalue weighted by Gasteiger charge is -2.25. The number of nitrogen functional groups attached to an aromatic ring is 1. The molecule has 2 unspecified atom stereocenters. The molecule has 1 aromatic heterocycles. The number of hydrazine groups is 1. The molecule has 8 heteroatoms. The molecule has 2 rings (SSSR count). The minimum Gasteiger partial charge on any atom is -0.377 e. The molecule has 19 heavy (non-hydrogen) atoms. The number of pyridine rings is 1. The summed E-state index contributed by atoms with van der Waals surface area (Å²) in [7, 11) is -1.99. The maximum Gasteiger partial charge on any atom is 0.244 e. The van der Waals surface area contributed by atoms with Gasteiger partial charge in [0.05, 0.1) is 12.1 Å². The molecule has 0 saturated carbocycles. The van der Waals surface area contributed by atoms with Gasteiger partial charge in [-0.25, -0.2) is 19.2 Å². The van der Waals surface area contributed by atoms with Crippen LogP contribution in [0.5, 0.6) is 0 Å². The average molecular weight is 286 g/mol. The fraction of sp³-hybridized carbons (Fsp3) is 0.545. The number of sulfonamides is 1. The van der Waals surface area contributed by atoms with Crippen LogP contribution in [0.3, 0.4) is 0 Å². The van der Waals surface area contributed by atoms with Crippen molar-refractivity contribution >= 4 is 15.8 Å². The Kier molecular flexibility index (Phi) is 4.04. The topological polar surface area (TPSA) is 97.5 Å². The van der Waals surface area contributed by atoms with Gasteiger partial charge in [-0.1, -0.05) is 0 Å². The Labute approximate surface area is 112 Å². The van der Waals surface area contributed by atoms with Gasteiger partial charge in [-0.15, -0.1) is 0 Å². The lowest BCUT2D eigenvalue weighted by atomic mass is 10.2. The fourth-order valence-corrected chi connectivity index (χ4v) is 3.55. The summed E-state index contributed by atoms with van der Waals surface area (Å²) in [4.78, 5) is 4.06. The molecule has 106 valence electrons. The van der Waals surface area contributed by atoms with Gasteiger partial charge in [-0.05, 0) is 25.5 Å². The number of aromatic nitrogens is 1. The number of nitrogens with two attached hydrogens (primary N) is 1. The molecule has 7 nitrogen and oxygen atoms in total. The van der Waals surface area contributed by atoms with Crippen LogP contribution < -0.4 is 11.3 Å². The van der Waals surface area contributed by atoms with Gasteiger partial charge in [-0.3, -0.25) is 0 Å². The molecule has 1 aliphatic heterocycles. The van der Waals surface area contributed by atoms with Gasteiger partial charge in [0, 0.05) is 19.9 Å². The highest BCUT2D eigenvalue weighted by atomic mass is 32.2. The molecule has 0 aromatic carbocycles. The number of likely N-dealkylation sites (N-methyl/N-ethyl adjacent to an activating group) is 1. The molecule has 0 amide bonds. The first-order valence-corrected chi connectivity index (χ1v) is 7.43. The largest absolute Gasteiger partial charge is 0.377 e. The Morgan fingerprint density at radius 2 is 2.26 bits per heavy atom. The van der Waals surface area contributed by atoms with E-state index in [-0.39, 0.29) is 17.0 Å². The smallest absolute Gasteiger partial charge is 0.244 e. The first kappa shape index (κ1) is 14.2. The van der Waals surface area contributed by atoms with Crippen LogP contribution in [0.4, 0.5) is 5.82 Å². The van der Waals surface area contributed by atoms with Crippen molar-refractivity contribution in [3.05, 3.63) is 18.3 Å². The van der Waals surface area contributed by atoms with E-state index in [1.54, 1.807) is 7.05 Å². The van der Waals surface area contributed by atoms with E-state index in [4.69, 9.17) is 10.6 Å². The normalized spacial score (nSPS) is 23.8. The molecular formula is C11H18N4O3S. The SMILES string of the molecule is CC1OCCC1N(C)S(=O)(=O)c1ccc(NN)nc1. The van der Waals surface area contributed by atoms with Crippen molar-refractivity contribution in [3.63, 3.8) is 0 Å². The van der Waals surface area contributed by atoms with Crippen LogP contribution in [0, 0.1) is 0 Å². The van der Waals surface area contributed by atoms with E-state index >= 15 is 0 Å². The van der Waals surface area contributed by atoms with Crippen molar-refractivity contribution < 1.29 is 13.2 Å². The molecule has 1 saturated heterocycles. The molecule has 0 bridgehead atoms. The van der Waals surface area contributed by atoms with Crippen molar-refractivity contribution in [1.29, 1.82) is 0 Å². The predicted molar refractivity (Wildman–Crippen MR) is 70.8 cm³/mol. The van der Waals surface area contributed by atoms with Gasteiger partial charge in [-0.2, -0.15) is 4.31 Å². The summed E-state index contributed by atoms with van der Waals surface area (Å²) in [5, 5.41) is 0. The summed E-state index contributed by atoms with van der Waals surface area (Å²) in [6.07, 6.45) is 1.89. The molecule has 3 N–H and O–H groups in total. The third kappa shape index (κ3) is 2.71. The highest BCUT2D eigenvalue weighted by molar-refractivity contribution is 7.89. The molecule has 2 atom stereocenters. The molecule has 1 aliphatic rings. The molecule has 2 heterocycles. The molecule has 0 spiro atoms. The predicted octanol–water partition coefficient (Wildman–Crippen LogP) is 0.165. The number of nitrogens with one attached hydrogen (secondary N) is 1. The van der Waals surface area contributed by atoms with Gasteiger partial charge in [0.15, 0.2) is 0 Å². The number of nitrogens with zero attached hydrogens (tertiary/aromatic N) is 2. The number of hydrogen-bond donors (Lipinski definition) is 2. The Morgan fingerprint density at radius 1 is 1.53 bits per heavy atom. The lowest BCUT2D eigenvalue weighted by molar-refractivity contribution is 0.102. The Morgan fingerprint density at radius 3 is 2.74 bits per heavy atom. The van der Waals surface area contributed by atoms with E-state index in [1.807, 2.05) is 6.92 Å². The summed E-state index contributed by atoms with van der Waals surface area (Å²) in [6, 6.07) is 2.86. The Balaban J connectivity index is 2.25. The zero-order chi connectivity index (χ0) is 14.0. The quantitative estimate of drug-likeness (QED) is 0.604. The van der Waals surface area contributed by atoms with Crippen molar-refractivity contribution in [1.82, 2.24) is 9.29 Å². The van der Waals surface area contributed by atoms with Crippen molar-refractivity contribution in [3.8, 4) is 0 Å². The Bertz CT molecular complexity index is 531. The minimum absolute atomic E-state index is 0.0993. The van der Waals surface area contributed by atoms with Crippen LogP contribution in [0.2, 0.25) is 0 Å². The summed E-state index contributed by atoms with van der Waals surface area (Å²) < 4.78 is 31.7. The van der Waals surface area contributed by atoms with E-state index in [2.05, 4.69) is 10.4 Å². The van der Waals surface area contributed by atoms with Gasteiger partial charge >= 0.3 is 0 Å². The van der Waals surface area contributed by atoms with Crippen LogP contribution in [0.25, 0.3) is 0 Å². The first-order chi connectivity index (χ1) is 8.96. The van der Waals surface area contributed by atoms with E-state index in [0.717, 1.165) is 0 Å². The van der Waals surface area contributed by atoms with Crippen molar-refractivity contribution in [2.75, 3.05) is 19.1 Å². The standard InChI is InChI=1S/C11H18N4O3S/c1-8-10(5-6-18-8)15(2)19(16,17)9-3-4-11(14-12)13-7-9/h3-4,7-8,10H,5-6,12H2,1-2H3,(H,13,14). The van der Waals surface area contributed by atoms with Crippen molar-refractivity contribution in [2.45, 2.75) is 30.4 Å². The lowest BCUT2D eigenvalue weighted by Crippen LogP contribution is -2.40. The van der Waals surface area contributed by atoms with E-state index < -0.39 is 10.0 Å². The van der Waals surface area contributed by atoms with Crippen LogP contribution >= 0.6 is 0 Å². The molecule has 0 aliphatic carbocycles. The zero-order valence-corrected chi connectivity index (χ0v) is 11.7. The number of anilines is 1. The van der Waals surface area contributed by atoms with Crippen LogP contribution in [-0.4, -0.2) is 43.5 Å². The summed E-state index contributed by atoms with van der Waals surface area (Å²) >= 11 is 0. The summed E-state index contributed by atoms with van der Waals surface area (Å²) in [5.74, 6) is 5.61. The molecule has 1 fully saturated rings. The zero-order valence-electron chi connectivity index (χ0n) is 10.9. The van der Waals surface area contributed by atoms with Crippen molar-refractivity contribution in [2.24, 2.45) is 5.84 Å². The number of rotatable bonds is 4. The molecular weight excluding hydrogens is 268 g/mol. The average Bonchev–Trinajstić information content (AvgIpc) is 2.84. The third-order valence-electron chi connectivity index (χ3n) is 3.36. The second kappa shape index (κ2) is 5.41. The van der Waals surface area contributed by atoms with Crippen LogP contribution in [0.15, 0.2) is 23.2 Å². The summed E-state index contributed by atoms with van der Waals surface area (Å²) in [6.45, 7) is 2.46. The molecule has 0 radical (unpaired) electrons. The number of hydrogen-bond acceptors (Lipinski definition) is 6. The van der Waals surface area contributed by atoms with Crippen LogP contribution in [-0.2, 0) is 14.8 Å². The highest BCUT2D eigenvalue weighted by Gasteiger charge is 2.35. The van der Waals surface area contributed by atoms with Gasteiger partial charge in [0.2, 0.25) is 10.0 Å².